The number of carbonyl (C=O) groups excluding carboxylic acids is 2. The van der Waals surface area contributed by atoms with Crippen molar-refractivity contribution in [1.82, 2.24) is 10.2 Å². The molecule has 2 amide bonds. The van der Waals surface area contributed by atoms with Crippen molar-refractivity contribution >= 4 is 41.3 Å². The molecular formula is C25H20N2O5S2. The van der Waals surface area contributed by atoms with Crippen LogP contribution >= 0.6 is 23.5 Å². The Morgan fingerprint density at radius 1 is 1.09 bits per heavy atom. The van der Waals surface area contributed by atoms with Gasteiger partial charge in [-0.25, -0.2) is 4.79 Å². The van der Waals surface area contributed by atoms with Gasteiger partial charge in [-0.2, -0.15) is 0 Å². The molecule has 0 bridgehead atoms. The van der Waals surface area contributed by atoms with Gasteiger partial charge in [0.1, 0.15) is 22.9 Å². The molecular weight excluding hydrogens is 472 g/mol. The summed E-state index contributed by atoms with van der Waals surface area (Å²) in [6, 6.07) is 19.7. The Balaban J connectivity index is 1.35. The molecule has 0 unspecified atom stereocenters. The third kappa shape index (κ3) is 4.24. The standard InChI is InChI=1S/C25H20N2O5S2/c28-20(13-15-7-2-1-3-8-15)26-21-23(29)27-22(25(30)31)19(14-33-24(21)27)34-18-11-5-4-9-16(18)17-10-6-12-32-17/h1-12,21,24H,13-14H2,(H,26,28)(H,30,31)/t21-,24+/m1/s1. The molecule has 0 aliphatic carbocycles. The van der Waals surface area contributed by atoms with Crippen molar-refractivity contribution in [3.63, 3.8) is 0 Å². The van der Waals surface area contributed by atoms with Gasteiger partial charge in [-0.1, -0.05) is 60.3 Å². The second-order valence-corrected chi connectivity index (χ2v) is 10.0. The van der Waals surface area contributed by atoms with Crippen molar-refractivity contribution < 1.29 is 23.9 Å². The van der Waals surface area contributed by atoms with Crippen LogP contribution in [0.1, 0.15) is 5.56 Å². The Morgan fingerprint density at radius 2 is 1.85 bits per heavy atom. The third-order valence-electron chi connectivity index (χ3n) is 5.57. The number of benzene rings is 2. The first-order valence-corrected chi connectivity index (χ1v) is 12.4. The largest absolute Gasteiger partial charge is 0.477 e. The van der Waals surface area contributed by atoms with E-state index in [0.29, 0.717) is 16.4 Å². The van der Waals surface area contributed by atoms with Gasteiger partial charge in [-0.3, -0.25) is 14.5 Å². The summed E-state index contributed by atoms with van der Waals surface area (Å²) in [6.45, 7) is 0. The number of nitrogens with zero attached hydrogens (tertiary/aromatic N) is 1. The number of rotatable bonds is 7. The Kier molecular flexibility index (Phi) is 6.21. The molecule has 3 heterocycles. The molecule has 172 valence electrons. The van der Waals surface area contributed by atoms with E-state index < -0.39 is 23.3 Å². The number of amides is 2. The lowest BCUT2D eigenvalue weighted by Crippen LogP contribution is -2.70. The molecule has 2 aliphatic rings. The normalized spacial score (nSPS) is 19.4. The molecule has 9 heteroatoms. The zero-order chi connectivity index (χ0) is 23.7. The van der Waals surface area contributed by atoms with Crippen molar-refractivity contribution in [1.29, 1.82) is 0 Å². The van der Waals surface area contributed by atoms with E-state index in [1.165, 1.54) is 28.4 Å². The van der Waals surface area contributed by atoms with Gasteiger partial charge < -0.3 is 14.8 Å². The monoisotopic (exact) mass is 492 g/mol. The zero-order valence-corrected chi connectivity index (χ0v) is 19.5. The number of hydrogen-bond acceptors (Lipinski definition) is 6. The van der Waals surface area contributed by atoms with Crippen LogP contribution in [0.15, 0.2) is 92.9 Å². The number of carbonyl (C=O) groups is 3. The topological polar surface area (TPSA) is 99.9 Å². The van der Waals surface area contributed by atoms with E-state index in [-0.39, 0.29) is 18.0 Å². The number of hydrogen-bond donors (Lipinski definition) is 2. The lowest BCUT2D eigenvalue weighted by atomic mass is 10.0. The van der Waals surface area contributed by atoms with Crippen LogP contribution in [-0.2, 0) is 20.8 Å². The third-order valence-corrected chi connectivity index (χ3v) is 8.19. The molecule has 1 aromatic heterocycles. The van der Waals surface area contributed by atoms with Gasteiger partial charge >= 0.3 is 5.97 Å². The fourth-order valence-electron chi connectivity index (χ4n) is 4.00. The number of β-lactam (4-membered cyclic amide) rings is 1. The van der Waals surface area contributed by atoms with Gasteiger partial charge in [0.2, 0.25) is 5.91 Å². The van der Waals surface area contributed by atoms with E-state index in [4.69, 9.17) is 4.42 Å². The van der Waals surface area contributed by atoms with Crippen LogP contribution in [-0.4, -0.2) is 45.0 Å². The van der Waals surface area contributed by atoms with Crippen molar-refractivity contribution in [2.45, 2.75) is 22.7 Å². The Bertz CT molecular complexity index is 1270. The molecule has 1 fully saturated rings. The van der Waals surface area contributed by atoms with Crippen LogP contribution in [0.25, 0.3) is 11.3 Å². The Hall–Kier alpha value is -3.43. The number of furan rings is 1. The first-order valence-electron chi connectivity index (χ1n) is 10.6. The summed E-state index contributed by atoms with van der Waals surface area (Å²) in [5.41, 5.74) is 1.67. The molecule has 2 N–H and O–H groups in total. The predicted molar refractivity (Wildman–Crippen MR) is 130 cm³/mol. The van der Waals surface area contributed by atoms with Crippen molar-refractivity contribution in [3.05, 3.63) is 89.2 Å². The summed E-state index contributed by atoms with van der Waals surface area (Å²) in [6.07, 6.45) is 1.75. The SMILES string of the molecule is O=C(Cc1ccccc1)N[C@@H]1C(=O)N2C(C(=O)O)=C(Sc3ccccc3-c3ccco3)CS[C@@H]12. The molecule has 34 heavy (non-hydrogen) atoms. The van der Waals surface area contributed by atoms with Gasteiger partial charge in [0.15, 0.2) is 0 Å². The molecule has 2 aromatic carbocycles. The molecule has 0 radical (unpaired) electrons. The summed E-state index contributed by atoms with van der Waals surface area (Å²) >= 11 is 2.77. The summed E-state index contributed by atoms with van der Waals surface area (Å²) < 4.78 is 5.53. The van der Waals surface area contributed by atoms with E-state index in [0.717, 1.165) is 16.0 Å². The van der Waals surface area contributed by atoms with Crippen LogP contribution in [0.5, 0.6) is 0 Å². The Labute approximate surface area is 204 Å². The fourth-order valence-corrected chi connectivity index (χ4v) is 6.61. The van der Waals surface area contributed by atoms with E-state index in [9.17, 15) is 19.5 Å². The minimum absolute atomic E-state index is 0.0263. The second-order valence-electron chi connectivity index (χ2n) is 7.77. The van der Waals surface area contributed by atoms with Crippen LogP contribution in [0, 0.1) is 0 Å². The average Bonchev–Trinajstić information content (AvgIpc) is 3.38. The van der Waals surface area contributed by atoms with Crippen LogP contribution < -0.4 is 5.32 Å². The highest BCUT2D eigenvalue weighted by atomic mass is 32.2. The number of carboxylic acid groups (broad SMARTS) is 1. The van der Waals surface area contributed by atoms with Crippen molar-refractivity contribution in [2.75, 3.05) is 5.75 Å². The molecule has 0 saturated carbocycles. The van der Waals surface area contributed by atoms with Gasteiger partial charge in [-0.15, -0.1) is 11.8 Å². The smallest absolute Gasteiger partial charge is 0.353 e. The quantitative estimate of drug-likeness (QED) is 0.481. The molecule has 2 aliphatic heterocycles. The minimum Gasteiger partial charge on any atom is -0.477 e. The number of carboxylic acids is 1. The van der Waals surface area contributed by atoms with Gasteiger partial charge in [0.05, 0.1) is 12.7 Å². The maximum atomic E-state index is 12.9. The van der Waals surface area contributed by atoms with Gasteiger partial charge in [-0.05, 0) is 23.8 Å². The lowest BCUT2D eigenvalue weighted by Gasteiger charge is -2.49. The van der Waals surface area contributed by atoms with Crippen LogP contribution in [0.2, 0.25) is 0 Å². The molecule has 2 atom stereocenters. The summed E-state index contributed by atoms with van der Waals surface area (Å²) in [5, 5.41) is 12.3. The minimum atomic E-state index is -1.16. The van der Waals surface area contributed by atoms with Gasteiger partial charge in [0, 0.05) is 21.1 Å². The number of aliphatic carboxylic acids is 1. The number of fused-ring (bicyclic) bond motifs is 1. The number of nitrogens with one attached hydrogen (secondary N) is 1. The highest BCUT2D eigenvalue weighted by molar-refractivity contribution is 8.06. The van der Waals surface area contributed by atoms with Gasteiger partial charge in [0.25, 0.3) is 5.91 Å². The van der Waals surface area contributed by atoms with Crippen LogP contribution in [0.4, 0.5) is 0 Å². The highest BCUT2D eigenvalue weighted by Crippen LogP contribution is 2.46. The van der Waals surface area contributed by atoms with E-state index >= 15 is 0 Å². The predicted octanol–water partition coefficient (Wildman–Crippen LogP) is 3.98. The highest BCUT2D eigenvalue weighted by Gasteiger charge is 2.54. The molecule has 7 nitrogen and oxygen atoms in total. The van der Waals surface area contributed by atoms with E-state index in [1.807, 2.05) is 60.7 Å². The molecule has 3 aromatic rings. The first-order chi connectivity index (χ1) is 16.5. The Morgan fingerprint density at radius 3 is 2.59 bits per heavy atom. The summed E-state index contributed by atoms with van der Waals surface area (Å²) in [7, 11) is 0. The molecule has 5 rings (SSSR count). The average molecular weight is 493 g/mol. The summed E-state index contributed by atoms with van der Waals surface area (Å²) in [4.78, 5) is 40.3. The second kappa shape index (κ2) is 9.44. The zero-order valence-electron chi connectivity index (χ0n) is 17.8. The lowest BCUT2D eigenvalue weighted by molar-refractivity contribution is -0.150. The van der Waals surface area contributed by atoms with Crippen LogP contribution in [0.3, 0.4) is 0 Å². The first kappa shape index (κ1) is 22.4. The molecule has 0 spiro atoms. The maximum absolute atomic E-state index is 12.9. The number of thioether (sulfide) groups is 2. The van der Waals surface area contributed by atoms with Crippen molar-refractivity contribution in [3.8, 4) is 11.3 Å². The van der Waals surface area contributed by atoms with Crippen molar-refractivity contribution in [2.24, 2.45) is 0 Å². The fraction of sp³-hybridized carbons (Fsp3) is 0.160. The summed E-state index contributed by atoms with van der Waals surface area (Å²) in [5.74, 6) is -0.737. The van der Waals surface area contributed by atoms with E-state index in [2.05, 4.69) is 5.32 Å². The molecule has 1 saturated heterocycles. The van der Waals surface area contributed by atoms with E-state index in [1.54, 1.807) is 12.3 Å². The maximum Gasteiger partial charge on any atom is 0.353 e.